The van der Waals surface area contributed by atoms with Crippen LogP contribution < -0.4 is 0 Å². The summed E-state index contributed by atoms with van der Waals surface area (Å²) < 4.78 is 15.3. The molecule has 0 amide bonds. The van der Waals surface area contributed by atoms with Crippen molar-refractivity contribution >= 4 is 12.0 Å². The minimum atomic E-state index is -1.61. The molecule has 0 aliphatic carbocycles. The molecule has 0 spiro atoms. The molecule has 7 N–H and O–H groups in total. The summed E-state index contributed by atoms with van der Waals surface area (Å²) in [6.45, 7) is 2.19. The molecule has 172 valence electrons. The number of ether oxygens (including phenoxy) is 3. The maximum absolute atomic E-state index is 11.8. The second-order valence-corrected chi connectivity index (χ2v) is 6.89. The molecule has 1 fully saturated rings. The molecule has 0 radical (unpaired) electrons. The minimum Gasteiger partial charge on any atom is -0.504 e. The average Bonchev–Trinajstić information content (AvgIpc) is 2.75. The smallest absolute Gasteiger partial charge is 0.331 e. The van der Waals surface area contributed by atoms with E-state index in [1.165, 1.54) is 24.3 Å². The average molecular weight is 442 g/mol. The van der Waals surface area contributed by atoms with E-state index in [1.54, 1.807) is 0 Å². The number of aromatic hydroxyl groups is 2. The predicted molar refractivity (Wildman–Crippen MR) is 105 cm³/mol. The second kappa shape index (κ2) is 11.2. The number of hydrogen-bond donors (Lipinski definition) is 7. The lowest BCUT2D eigenvalue weighted by Crippen LogP contribution is -2.59. The first-order valence-electron chi connectivity index (χ1n) is 9.28. The summed E-state index contributed by atoms with van der Waals surface area (Å²) in [6.07, 6.45) is -6.19. The molecule has 1 aromatic rings. The Kier molecular flexibility index (Phi) is 8.95. The van der Waals surface area contributed by atoms with Crippen molar-refractivity contribution in [3.8, 4) is 11.5 Å². The van der Waals surface area contributed by atoms with E-state index < -0.39 is 56.0 Å². The summed E-state index contributed by atoms with van der Waals surface area (Å²) in [7, 11) is 0. The van der Waals surface area contributed by atoms with E-state index in [9.17, 15) is 35.4 Å². The van der Waals surface area contributed by atoms with Gasteiger partial charge in [0.1, 0.15) is 37.1 Å². The van der Waals surface area contributed by atoms with Gasteiger partial charge in [-0.1, -0.05) is 12.6 Å². The standard InChI is InChI=1S/C20H26O11/c1-10(8-29-16(25)5-3-11-2-4-12(22)13(23)6-11)14(24)9-30-20-19(28)18(27)17(26)15(7-21)31-20/h2-6,14-15,17-24,26-28H,1,7-9H2/b5-3+/t14?,15-,17-,18+,19-,20-/m1/s1. The van der Waals surface area contributed by atoms with Gasteiger partial charge in [0.25, 0.3) is 0 Å². The fourth-order valence-electron chi connectivity index (χ4n) is 2.63. The molecule has 0 saturated carbocycles. The molecule has 2 rings (SSSR count). The van der Waals surface area contributed by atoms with E-state index >= 15 is 0 Å². The topological polar surface area (TPSA) is 186 Å². The van der Waals surface area contributed by atoms with Gasteiger partial charge >= 0.3 is 5.97 Å². The molecule has 0 bridgehead atoms. The van der Waals surface area contributed by atoms with Crippen molar-refractivity contribution in [2.75, 3.05) is 19.8 Å². The van der Waals surface area contributed by atoms with Crippen LogP contribution in [0.25, 0.3) is 6.08 Å². The molecule has 11 nitrogen and oxygen atoms in total. The van der Waals surface area contributed by atoms with Gasteiger partial charge in [-0.15, -0.1) is 0 Å². The van der Waals surface area contributed by atoms with Crippen molar-refractivity contribution in [3.63, 3.8) is 0 Å². The number of phenols is 2. The molecule has 1 unspecified atom stereocenters. The van der Waals surface area contributed by atoms with E-state index in [4.69, 9.17) is 19.3 Å². The van der Waals surface area contributed by atoms with Gasteiger partial charge in [-0.05, 0) is 29.3 Å². The Morgan fingerprint density at radius 3 is 2.52 bits per heavy atom. The number of aliphatic hydroxyl groups is 5. The number of benzene rings is 1. The van der Waals surface area contributed by atoms with Crippen LogP contribution in [0.2, 0.25) is 0 Å². The van der Waals surface area contributed by atoms with Gasteiger partial charge in [0.2, 0.25) is 0 Å². The van der Waals surface area contributed by atoms with E-state index in [2.05, 4.69) is 6.58 Å². The van der Waals surface area contributed by atoms with Gasteiger partial charge in [-0.2, -0.15) is 0 Å². The molecule has 1 aliphatic heterocycles. The van der Waals surface area contributed by atoms with E-state index in [-0.39, 0.29) is 23.7 Å². The zero-order valence-electron chi connectivity index (χ0n) is 16.4. The third kappa shape index (κ3) is 6.74. The summed E-state index contributed by atoms with van der Waals surface area (Å²) in [4.78, 5) is 11.8. The number of rotatable bonds is 9. The summed E-state index contributed by atoms with van der Waals surface area (Å²) in [6, 6.07) is 3.98. The Bertz CT molecular complexity index is 791. The van der Waals surface area contributed by atoms with Crippen LogP contribution in [0.3, 0.4) is 0 Å². The summed E-state index contributed by atoms with van der Waals surface area (Å²) in [5, 5.41) is 67.2. The van der Waals surface area contributed by atoms with E-state index in [1.807, 2.05) is 0 Å². The molecule has 1 aliphatic rings. The van der Waals surface area contributed by atoms with Crippen molar-refractivity contribution in [2.45, 2.75) is 36.8 Å². The lowest BCUT2D eigenvalue weighted by Gasteiger charge is -2.39. The number of esters is 1. The van der Waals surface area contributed by atoms with Crippen LogP contribution in [0.5, 0.6) is 11.5 Å². The van der Waals surface area contributed by atoms with Crippen molar-refractivity contribution in [2.24, 2.45) is 0 Å². The van der Waals surface area contributed by atoms with Gasteiger partial charge in [0, 0.05) is 6.08 Å². The second-order valence-electron chi connectivity index (χ2n) is 6.89. The first-order chi connectivity index (χ1) is 14.6. The summed E-state index contributed by atoms with van der Waals surface area (Å²) in [5.41, 5.74) is 0.521. The number of phenolic OH excluding ortho intramolecular Hbond substituents is 2. The van der Waals surface area contributed by atoms with Crippen LogP contribution in [0.15, 0.2) is 36.4 Å². The fourth-order valence-corrected chi connectivity index (χ4v) is 2.63. The maximum atomic E-state index is 11.8. The minimum absolute atomic E-state index is 0.0774. The zero-order chi connectivity index (χ0) is 23.1. The van der Waals surface area contributed by atoms with E-state index in [0.29, 0.717) is 5.56 Å². The Morgan fingerprint density at radius 1 is 1.16 bits per heavy atom. The summed E-state index contributed by atoms with van der Waals surface area (Å²) in [5.74, 6) is -1.39. The third-order valence-corrected chi connectivity index (χ3v) is 4.55. The van der Waals surface area contributed by atoms with Gasteiger partial charge in [0.15, 0.2) is 17.8 Å². The number of carbonyl (C=O) groups is 1. The quantitative estimate of drug-likeness (QED) is 0.101. The lowest BCUT2D eigenvalue weighted by molar-refractivity contribution is -0.303. The molecule has 6 atom stereocenters. The van der Waals surface area contributed by atoms with Crippen molar-refractivity contribution in [1.29, 1.82) is 0 Å². The highest BCUT2D eigenvalue weighted by atomic mass is 16.7. The fraction of sp³-hybridized carbons (Fsp3) is 0.450. The molecule has 31 heavy (non-hydrogen) atoms. The number of carbonyl (C=O) groups excluding carboxylic acids is 1. The Hall–Kier alpha value is -2.51. The molecule has 1 saturated heterocycles. The van der Waals surface area contributed by atoms with Gasteiger partial charge in [0.05, 0.1) is 13.2 Å². The first-order valence-corrected chi connectivity index (χ1v) is 9.28. The van der Waals surface area contributed by atoms with Crippen LogP contribution in [-0.2, 0) is 19.0 Å². The highest BCUT2D eigenvalue weighted by molar-refractivity contribution is 5.87. The number of aliphatic hydroxyl groups excluding tert-OH is 5. The van der Waals surface area contributed by atoms with Crippen LogP contribution in [0, 0.1) is 0 Å². The van der Waals surface area contributed by atoms with E-state index in [0.717, 1.165) is 6.08 Å². The highest BCUT2D eigenvalue weighted by Crippen LogP contribution is 2.25. The molecular weight excluding hydrogens is 416 g/mol. The molecular formula is C20H26O11. The summed E-state index contributed by atoms with van der Waals surface area (Å²) >= 11 is 0. The van der Waals surface area contributed by atoms with Crippen LogP contribution in [0.1, 0.15) is 5.56 Å². The van der Waals surface area contributed by atoms with Crippen LogP contribution in [0.4, 0.5) is 0 Å². The third-order valence-electron chi connectivity index (χ3n) is 4.55. The Balaban J connectivity index is 1.78. The van der Waals surface area contributed by atoms with Crippen LogP contribution >= 0.6 is 0 Å². The van der Waals surface area contributed by atoms with Gasteiger partial charge in [-0.3, -0.25) is 0 Å². The van der Waals surface area contributed by atoms with Crippen molar-refractivity contribution in [3.05, 3.63) is 42.0 Å². The van der Waals surface area contributed by atoms with Crippen molar-refractivity contribution < 1.29 is 54.8 Å². The van der Waals surface area contributed by atoms with Crippen LogP contribution in [-0.4, -0.2) is 98.3 Å². The maximum Gasteiger partial charge on any atom is 0.331 e. The molecule has 1 aromatic carbocycles. The molecule has 0 aromatic heterocycles. The largest absolute Gasteiger partial charge is 0.504 e. The molecule has 11 heteroatoms. The van der Waals surface area contributed by atoms with Gasteiger partial charge < -0.3 is 50.0 Å². The predicted octanol–water partition coefficient (Wildman–Crippen LogP) is -1.61. The Labute approximate surface area is 177 Å². The monoisotopic (exact) mass is 442 g/mol. The lowest BCUT2D eigenvalue weighted by atomic mass is 9.99. The Morgan fingerprint density at radius 2 is 1.87 bits per heavy atom. The molecule has 1 heterocycles. The highest BCUT2D eigenvalue weighted by Gasteiger charge is 2.44. The van der Waals surface area contributed by atoms with Crippen molar-refractivity contribution in [1.82, 2.24) is 0 Å². The SMILES string of the molecule is C=C(COC(=O)/C=C/c1ccc(O)c(O)c1)C(O)CO[C@@H]1O[C@H](CO)[C@@H](O)[C@H](O)[C@H]1O. The zero-order valence-corrected chi connectivity index (χ0v) is 16.4. The first kappa shape index (κ1) is 24.8. The van der Waals surface area contributed by atoms with Gasteiger partial charge in [-0.25, -0.2) is 4.79 Å². The normalized spacial score (nSPS) is 27.2. The number of hydrogen-bond acceptors (Lipinski definition) is 11.